The lowest BCUT2D eigenvalue weighted by atomic mass is 10.1. The third kappa shape index (κ3) is 3.18. The van der Waals surface area contributed by atoms with E-state index in [0.29, 0.717) is 28.5 Å². The molecule has 2 saturated heterocycles. The third-order valence-electron chi connectivity index (χ3n) is 4.82. The lowest BCUT2D eigenvalue weighted by molar-refractivity contribution is 0.00706. The molecule has 0 bridgehead atoms. The fraction of sp³-hybridized carbons (Fsp3) is 0.368. The van der Waals surface area contributed by atoms with Crippen LogP contribution in [0.2, 0.25) is 5.02 Å². The number of rotatable bonds is 4. The van der Waals surface area contributed by atoms with Crippen molar-refractivity contribution in [3.05, 3.63) is 40.9 Å². The summed E-state index contributed by atoms with van der Waals surface area (Å²) >= 11 is 6.32. The first-order valence-electron chi connectivity index (χ1n) is 8.95. The number of nitrogens with zero attached hydrogens (tertiary/aromatic N) is 2. The highest BCUT2D eigenvalue weighted by molar-refractivity contribution is 6.32. The lowest BCUT2D eigenvalue weighted by Gasteiger charge is -2.15. The van der Waals surface area contributed by atoms with E-state index < -0.39 is 6.10 Å². The third-order valence-corrected chi connectivity index (χ3v) is 5.09. The molecule has 146 valence electrons. The summed E-state index contributed by atoms with van der Waals surface area (Å²) in [7, 11) is 0. The number of fused-ring (bicyclic) bond motifs is 2. The molecule has 2 aromatic heterocycles. The number of aryl methyl sites for hydroxylation is 1. The van der Waals surface area contributed by atoms with Gasteiger partial charge >= 0.3 is 0 Å². The number of hydrogen-bond donors (Lipinski definition) is 2. The molecule has 2 aliphatic rings. The van der Waals surface area contributed by atoms with Crippen LogP contribution < -0.4 is 9.47 Å². The minimum atomic E-state index is -0.629. The molecule has 0 radical (unpaired) electrons. The zero-order valence-corrected chi connectivity index (χ0v) is 15.7. The second kappa shape index (κ2) is 6.89. The highest BCUT2D eigenvalue weighted by Crippen LogP contribution is 2.32. The van der Waals surface area contributed by atoms with Crippen LogP contribution in [0.3, 0.4) is 0 Å². The normalized spacial score (nSPS) is 26.5. The summed E-state index contributed by atoms with van der Waals surface area (Å²) in [4.78, 5) is 11.8. The molecule has 4 atom stereocenters. The van der Waals surface area contributed by atoms with Gasteiger partial charge in [-0.3, -0.25) is 0 Å². The largest absolute Gasteiger partial charge is 0.456 e. The molecule has 28 heavy (non-hydrogen) atoms. The molecular formula is C19H18ClN3O5. The number of imidazole rings is 1. The van der Waals surface area contributed by atoms with Crippen LogP contribution >= 0.6 is 11.6 Å². The Kier molecular flexibility index (Phi) is 4.36. The Balaban J connectivity index is 1.37. The second-order valence-electron chi connectivity index (χ2n) is 6.93. The van der Waals surface area contributed by atoms with Gasteiger partial charge in [-0.05, 0) is 30.7 Å². The molecule has 0 aliphatic carbocycles. The number of halogens is 1. The molecule has 0 amide bonds. The number of nitrogens with one attached hydrogen (secondary N) is 1. The van der Waals surface area contributed by atoms with Crippen LogP contribution in [0.1, 0.15) is 5.56 Å². The number of aliphatic hydroxyl groups excluding tert-OH is 1. The van der Waals surface area contributed by atoms with Gasteiger partial charge in [0.05, 0.1) is 18.7 Å². The van der Waals surface area contributed by atoms with Crippen LogP contribution in [-0.4, -0.2) is 57.7 Å². The SMILES string of the molecule is Cc1cccc(Oc2nc3nc(O[C@@H]4CO[C@H]5[C@@H]4OC[C@H]5O)[nH]c3cc2Cl)c1. The Bertz CT molecular complexity index is 1030. The maximum atomic E-state index is 9.83. The summed E-state index contributed by atoms with van der Waals surface area (Å²) in [5.74, 6) is 0.913. The Hall–Kier alpha value is -2.39. The van der Waals surface area contributed by atoms with Gasteiger partial charge in [-0.25, -0.2) is 0 Å². The van der Waals surface area contributed by atoms with Gasteiger partial charge in [-0.1, -0.05) is 23.7 Å². The fourth-order valence-electron chi connectivity index (χ4n) is 3.49. The van der Waals surface area contributed by atoms with Crippen LogP contribution in [0, 0.1) is 6.92 Å². The maximum absolute atomic E-state index is 9.83. The van der Waals surface area contributed by atoms with E-state index >= 15 is 0 Å². The molecule has 8 nitrogen and oxygen atoms in total. The maximum Gasteiger partial charge on any atom is 0.296 e. The van der Waals surface area contributed by atoms with Gasteiger partial charge in [0.2, 0.25) is 5.88 Å². The van der Waals surface area contributed by atoms with E-state index in [1.54, 1.807) is 6.07 Å². The second-order valence-corrected chi connectivity index (χ2v) is 7.33. The fourth-order valence-corrected chi connectivity index (χ4v) is 3.68. The van der Waals surface area contributed by atoms with Crippen LogP contribution in [0.15, 0.2) is 30.3 Å². The quantitative estimate of drug-likeness (QED) is 0.690. The zero-order chi connectivity index (χ0) is 19.3. The minimum absolute atomic E-state index is 0.242. The van der Waals surface area contributed by atoms with Crippen LogP contribution in [0.5, 0.6) is 17.6 Å². The summed E-state index contributed by atoms with van der Waals surface area (Å²) < 4.78 is 22.8. The van der Waals surface area contributed by atoms with Gasteiger partial charge in [-0.2, -0.15) is 9.97 Å². The molecule has 0 spiro atoms. The average molecular weight is 404 g/mol. The standard InChI is InChI=1S/C19H18ClN3O5/c1-9-3-2-4-10(5-9)27-18-11(20)6-12-17(22-18)23-19(21-12)28-14-8-26-15-13(24)7-25-16(14)15/h2-6,13-16,24H,7-8H2,1H3,(H,21,22,23)/t13-,14-,15-,16-/m1/s1. The number of benzene rings is 1. The first kappa shape index (κ1) is 17.7. The molecule has 5 rings (SSSR count). The number of pyridine rings is 1. The predicted molar refractivity (Wildman–Crippen MR) is 100 cm³/mol. The van der Waals surface area contributed by atoms with Crippen molar-refractivity contribution in [2.75, 3.05) is 13.2 Å². The summed E-state index contributed by atoms with van der Waals surface area (Å²) in [5, 5.41) is 10.2. The van der Waals surface area contributed by atoms with E-state index in [2.05, 4.69) is 15.0 Å². The van der Waals surface area contributed by atoms with Gasteiger partial charge in [0.15, 0.2) is 11.8 Å². The van der Waals surface area contributed by atoms with Gasteiger partial charge in [0.25, 0.3) is 6.01 Å². The summed E-state index contributed by atoms with van der Waals surface area (Å²) in [6.45, 7) is 2.54. The molecule has 2 aliphatic heterocycles. The van der Waals surface area contributed by atoms with Crippen LogP contribution in [-0.2, 0) is 9.47 Å². The summed E-state index contributed by atoms with van der Waals surface area (Å²) in [6.07, 6.45) is -1.67. The average Bonchev–Trinajstić information content (AvgIpc) is 3.33. The first-order valence-corrected chi connectivity index (χ1v) is 9.33. The zero-order valence-electron chi connectivity index (χ0n) is 15.0. The van der Waals surface area contributed by atoms with E-state index in [1.165, 1.54) is 0 Å². The van der Waals surface area contributed by atoms with Crippen LogP contribution in [0.25, 0.3) is 11.2 Å². The molecule has 3 aromatic rings. The smallest absolute Gasteiger partial charge is 0.296 e. The van der Waals surface area contributed by atoms with Crippen molar-refractivity contribution in [1.29, 1.82) is 0 Å². The van der Waals surface area contributed by atoms with E-state index in [0.717, 1.165) is 5.56 Å². The van der Waals surface area contributed by atoms with Gasteiger partial charge in [-0.15, -0.1) is 0 Å². The summed E-state index contributed by atoms with van der Waals surface area (Å²) in [6, 6.07) is 9.59. The number of H-pyrrole nitrogens is 1. The van der Waals surface area contributed by atoms with Gasteiger partial charge in [0.1, 0.15) is 29.1 Å². The number of ether oxygens (including phenoxy) is 4. The molecule has 9 heteroatoms. The Morgan fingerprint density at radius 1 is 1.18 bits per heavy atom. The number of aromatic nitrogens is 3. The van der Waals surface area contributed by atoms with Crippen molar-refractivity contribution in [2.45, 2.75) is 31.3 Å². The van der Waals surface area contributed by atoms with E-state index in [9.17, 15) is 5.11 Å². The van der Waals surface area contributed by atoms with Crippen molar-refractivity contribution in [3.8, 4) is 17.6 Å². The van der Waals surface area contributed by atoms with E-state index in [4.69, 9.17) is 30.5 Å². The lowest BCUT2D eigenvalue weighted by Crippen LogP contribution is -2.34. The van der Waals surface area contributed by atoms with Crippen molar-refractivity contribution in [2.24, 2.45) is 0 Å². The Morgan fingerprint density at radius 3 is 2.89 bits per heavy atom. The topological polar surface area (TPSA) is 98.7 Å². The van der Waals surface area contributed by atoms with Gasteiger partial charge < -0.3 is 29.0 Å². The molecule has 0 saturated carbocycles. The first-order chi connectivity index (χ1) is 13.6. The molecule has 2 N–H and O–H groups in total. The summed E-state index contributed by atoms with van der Waals surface area (Å²) in [5.41, 5.74) is 2.12. The van der Waals surface area contributed by atoms with E-state index in [-0.39, 0.29) is 36.8 Å². The highest BCUT2D eigenvalue weighted by atomic mass is 35.5. The molecular weight excluding hydrogens is 386 g/mol. The number of hydrogen-bond acceptors (Lipinski definition) is 7. The monoisotopic (exact) mass is 403 g/mol. The molecule has 1 aromatic carbocycles. The molecule has 0 unspecified atom stereocenters. The van der Waals surface area contributed by atoms with Crippen molar-refractivity contribution < 1.29 is 24.1 Å². The number of aliphatic hydroxyl groups is 1. The van der Waals surface area contributed by atoms with Crippen molar-refractivity contribution >= 4 is 22.8 Å². The van der Waals surface area contributed by atoms with Crippen molar-refractivity contribution in [3.63, 3.8) is 0 Å². The van der Waals surface area contributed by atoms with E-state index in [1.807, 2.05) is 31.2 Å². The Labute approximate surface area is 165 Å². The van der Waals surface area contributed by atoms with Crippen LogP contribution in [0.4, 0.5) is 0 Å². The minimum Gasteiger partial charge on any atom is -0.456 e. The number of aromatic amines is 1. The highest BCUT2D eigenvalue weighted by Gasteiger charge is 2.48. The predicted octanol–water partition coefficient (Wildman–Crippen LogP) is 2.62. The van der Waals surface area contributed by atoms with Crippen molar-refractivity contribution in [1.82, 2.24) is 15.0 Å². The van der Waals surface area contributed by atoms with Gasteiger partial charge in [0, 0.05) is 0 Å². The Morgan fingerprint density at radius 2 is 2.04 bits per heavy atom. The molecule has 4 heterocycles. The molecule has 2 fully saturated rings.